The van der Waals surface area contributed by atoms with Crippen LogP contribution in [-0.4, -0.2) is 28.8 Å². The zero-order valence-electron chi connectivity index (χ0n) is 9.84. The summed E-state index contributed by atoms with van der Waals surface area (Å²) in [6, 6.07) is 0. The normalized spacial score (nSPS) is 40.9. The van der Waals surface area contributed by atoms with Gasteiger partial charge in [-0.05, 0) is 54.5 Å². The second-order valence-corrected chi connectivity index (χ2v) is 10.8. The smallest absolute Gasteiger partial charge is 0.0139 e. The second kappa shape index (κ2) is 4.39. The number of hydrogen-bond donors (Lipinski definition) is 0. The molecule has 2 fully saturated rings. The minimum Gasteiger partial charge on any atom is -0.118 e. The first-order valence-electron chi connectivity index (χ1n) is 6.09. The molecule has 14 heavy (non-hydrogen) atoms. The van der Waals surface area contributed by atoms with E-state index in [0.29, 0.717) is 13.1 Å². The van der Waals surface area contributed by atoms with Crippen molar-refractivity contribution in [2.45, 2.75) is 62.9 Å². The third-order valence-electron chi connectivity index (χ3n) is 3.72. The standard InChI is InChI=1S/C12H24P2/c1-12(2,3)14-9-5-7-11(14)10-6-4-8-13-10/h10-11,13H,4-9H2,1-3H3/t10?,11-,14-/m1/s1. The molecule has 0 N–H and O–H groups in total. The predicted octanol–water partition coefficient (Wildman–Crippen LogP) is 4.27. The number of rotatable bonds is 1. The Balaban J connectivity index is 2.02. The maximum absolute atomic E-state index is 2.48. The fraction of sp³-hybridized carbons (Fsp3) is 1.00. The molecular weight excluding hydrogens is 206 g/mol. The van der Waals surface area contributed by atoms with Crippen molar-refractivity contribution in [2.75, 3.05) is 12.3 Å². The fourth-order valence-electron chi connectivity index (χ4n) is 3.08. The summed E-state index contributed by atoms with van der Waals surface area (Å²) in [7, 11) is 1.66. The summed E-state index contributed by atoms with van der Waals surface area (Å²) in [5.41, 5.74) is 2.31. The molecule has 82 valence electrons. The summed E-state index contributed by atoms with van der Waals surface area (Å²) in [6.45, 7) is 7.44. The van der Waals surface area contributed by atoms with Crippen LogP contribution in [-0.2, 0) is 0 Å². The van der Waals surface area contributed by atoms with Gasteiger partial charge in [0.05, 0.1) is 0 Å². The van der Waals surface area contributed by atoms with E-state index in [4.69, 9.17) is 0 Å². The van der Waals surface area contributed by atoms with Crippen LogP contribution in [0.1, 0.15) is 46.5 Å². The Bertz CT molecular complexity index is 189. The van der Waals surface area contributed by atoms with Gasteiger partial charge in [0.2, 0.25) is 0 Å². The van der Waals surface area contributed by atoms with E-state index in [-0.39, 0.29) is 0 Å². The Morgan fingerprint density at radius 3 is 2.50 bits per heavy atom. The van der Waals surface area contributed by atoms with Crippen molar-refractivity contribution < 1.29 is 0 Å². The molecule has 2 heterocycles. The van der Waals surface area contributed by atoms with Gasteiger partial charge in [-0.25, -0.2) is 0 Å². The van der Waals surface area contributed by atoms with Crippen LogP contribution >= 0.6 is 16.5 Å². The Labute approximate surface area is 92.2 Å². The molecule has 0 nitrogen and oxygen atoms in total. The molecule has 0 radical (unpaired) electrons. The third-order valence-corrected chi connectivity index (χ3v) is 9.80. The summed E-state index contributed by atoms with van der Waals surface area (Å²) in [4.78, 5) is 0. The van der Waals surface area contributed by atoms with E-state index in [2.05, 4.69) is 20.8 Å². The zero-order valence-corrected chi connectivity index (χ0v) is 11.7. The molecule has 0 aromatic carbocycles. The predicted molar refractivity (Wildman–Crippen MR) is 70.8 cm³/mol. The van der Waals surface area contributed by atoms with E-state index >= 15 is 0 Å². The first-order valence-corrected chi connectivity index (χ1v) is 8.97. The molecule has 2 saturated heterocycles. The average molecular weight is 230 g/mol. The summed E-state index contributed by atoms with van der Waals surface area (Å²) in [5, 5.41) is 0.629. The molecule has 0 saturated carbocycles. The Morgan fingerprint density at radius 1 is 1.14 bits per heavy atom. The highest BCUT2D eigenvalue weighted by Gasteiger charge is 2.39. The van der Waals surface area contributed by atoms with Crippen molar-refractivity contribution in [3.63, 3.8) is 0 Å². The summed E-state index contributed by atoms with van der Waals surface area (Å²) in [6.07, 6.45) is 9.33. The highest BCUT2D eigenvalue weighted by atomic mass is 31.1. The van der Waals surface area contributed by atoms with Crippen LogP contribution in [0.3, 0.4) is 0 Å². The van der Waals surface area contributed by atoms with Gasteiger partial charge in [0.15, 0.2) is 0 Å². The highest BCUT2D eigenvalue weighted by molar-refractivity contribution is 7.61. The summed E-state index contributed by atoms with van der Waals surface area (Å²) < 4.78 is 0. The molecule has 0 aromatic heterocycles. The van der Waals surface area contributed by atoms with Crippen LogP contribution in [0.25, 0.3) is 0 Å². The molecule has 4 atom stereocenters. The van der Waals surface area contributed by atoms with Crippen molar-refractivity contribution in [3.05, 3.63) is 0 Å². The van der Waals surface area contributed by atoms with Crippen LogP contribution < -0.4 is 0 Å². The minimum atomic E-state index is 0.346. The molecule has 2 aliphatic rings. The third kappa shape index (κ3) is 2.33. The SMILES string of the molecule is CC(C)(C)[P@]1CCC[C@@H]1C1CCCP1. The molecule has 2 rings (SSSR count). The van der Waals surface area contributed by atoms with Gasteiger partial charge in [0.25, 0.3) is 0 Å². The van der Waals surface area contributed by atoms with Crippen molar-refractivity contribution in [2.24, 2.45) is 0 Å². The van der Waals surface area contributed by atoms with Crippen LogP contribution in [0, 0.1) is 0 Å². The van der Waals surface area contributed by atoms with E-state index in [9.17, 15) is 0 Å². The zero-order chi connectivity index (χ0) is 10.2. The van der Waals surface area contributed by atoms with Crippen LogP contribution in [0.5, 0.6) is 0 Å². The average Bonchev–Trinajstić information content (AvgIpc) is 2.73. The molecule has 2 heteroatoms. The van der Waals surface area contributed by atoms with E-state index in [1.54, 1.807) is 25.2 Å². The Morgan fingerprint density at radius 2 is 1.93 bits per heavy atom. The monoisotopic (exact) mass is 230 g/mol. The van der Waals surface area contributed by atoms with E-state index in [1.165, 1.54) is 21.4 Å². The van der Waals surface area contributed by atoms with E-state index in [0.717, 1.165) is 11.3 Å². The van der Waals surface area contributed by atoms with E-state index in [1.807, 2.05) is 0 Å². The van der Waals surface area contributed by atoms with Crippen LogP contribution in [0.2, 0.25) is 0 Å². The molecule has 0 aliphatic carbocycles. The van der Waals surface area contributed by atoms with Crippen molar-refractivity contribution >= 4 is 16.5 Å². The minimum absolute atomic E-state index is 0.346. The molecule has 0 amide bonds. The summed E-state index contributed by atoms with van der Waals surface area (Å²) in [5.74, 6) is 0. The molecule has 2 unspecified atom stereocenters. The van der Waals surface area contributed by atoms with Crippen LogP contribution in [0.4, 0.5) is 0 Å². The highest BCUT2D eigenvalue weighted by Crippen LogP contribution is 2.63. The molecule has 0 spiro atoms. The van der Waals surface area contributed by atoms with Crippen molar-refractivity contribution in [1.82, 2.24) is 0 Å². The largest absolute Gasteiger partial charge is 0.118 e. The Hall–Kier alpha value is 0.860. The van der Waals surface area contributed by atoms with Crippen molar-refractivity contribution in [3.8, 4) is 0 Å². The van der Waals surface area contributed by atoms with E-state index < -0.39 is 0 Å². The second-order valence-electron chi connectivity index (χ2n) is 5.78. The lowest BCUT2D eigenvalue weighted by atomic mass is 10.1. The lowest BCUT2D eigenvalue weighted by Crippen LogP contribution is -2.23. The molecular formula is C12H24P2. The van der Waals surface area contributed by atoms with Gasteiger partial charge in [-0.3, -0.25) is 0 Å². The Kier molecular flexibility index (Phi) is 3.56. The number of hydrogen-bond acceptors (Lipinski definition) is 0. The maximum atomic E-state index is 2.48. The van der Waals surface area contributed by atoms with Crippen LogP contribution in [0.15, 0.2) is 0 Å². The molecule has 2 aliphatic heterocycles. The van der Waals surface area contributed by atoms with Gasteiger partial charge < -0.3 is 0 Å². The lowest BCUT2D eigenvalue weighted by Gasteiger charge is -2.36. The van der Waals surface area contributed by atoms with Gasteiger partial charge in [-0.2, -0.15) is 0 Å². The fourth-order valence-corrected chi connectivity index (χ4v) is 9.16. The lowest BCUT2D eigenvalue weighted by molar-refractivity contribution is 0.684. The first-order chi connectivity index (χ1) is 6.59. The van der Waals surface area contributed by atoms with Gasteiger partial charge in [-0.15, -0.1) is 8.58 Å². The first kappa shape index (κ1) is 11.3. The quantitative estimate of drug-likeness (QED) is 0.590. The van der Waals surface area contributed by atoms with Gasteiger partial charge in [0, 0.05) is 0 Å². The molecule has 0 aromatic rings. The topological polar surface area (TPSA) is 0 Å². The van der Waals surface area contributed by atoms with Gasteiger partial charge in [-0.1, -0.05) is 28.7 Å². The summed E-state index contributed by atoms with van der Waals surface area (Å²) >= 11 is 0. The van der Waals surface area contributed by atoms with Gasteiger partial charge in [0.1, 0.15) is 0 Å². The molecule has 0 bridgehead atoms. The van der Waals surface area contributed by atoms with Gasteiger partial charge >= 0.3 is 0 Å². The maximum Gasteiger partial charge on any atom is -0.0139 e. The van der Waals surface area contributed by atoms with Crippen molar-refractivity contribution in [1.29, 1.82) is 0 Å².